The first kappa shape index (κ1) is 42.8. The van der Waals surface area contributed by atoms with Crippen molar-refractivity contribution < 1.29 is 19.1 Å². The SMILES string of the molecule is CNC(=O)c1ccc(-c2ccc(OC)c(C3CCN(C4CCC5CCC(C5)C4)CC3)c2)cc1.COc1ccc(NC(C)=O)cc1C1CCN(C2CCC[C@H]3CC[C@H]2C3)CC1. The monoisotopic (exact) mass is 817 g/mol. The maximum atomic E-state index is 11.9. The number of rotatable bonds is 9. The Morgan fingerprint density at radius 3 is 1.88 bits per heavy atom. The molecule has 2 heterocycles. The largest absolute Gasteiger partial charge is 0.496 e. The number of methoxy groups -OCH3 is 2. The topological polar surface area (TPSA) is 83.1 Å². The van der Waals surface area contributed by atoms with Gasteiger partial charge in [-0.15, -0.1) is 0 Å². The van der Waals surface area contributed by atoms with E-state index in [1.165, 1.54) is 146 Å². The van der Waals surface area contributed by atoms with Crippen LogP contribution < -0.4 is 20.1 Å². The molecule has 2 amide bonds. The molecule has 9 rings (SSSR count). The van der Waals surface area contributed by atoms with Crippen LogP contribution in [0.4, 0.5) is 5.69 Å². The van der Waals surface area contributed by atoms with E-state index in [1.807, 2.05) is 36.4 Å². The Kier molecular flexibility index (Phi) is 14.2. The van der Waals surface area contributed by atoms with E-state index in [2.05, 4.69) is 44.7 Å². The van der Waals surface area contributed by atoms with Gasteiger partial charge in [0.25, 0.3) is 5.91 Å². The zero-order valence-corrected chi connectivity index (χ0v) is 37.1. The Hall–Kier alpha value is -3.88. The fourth-order valence-corrected chi connectivity index (χ4v) is 12.6. The molecular formula is C52H72N4O4. The summed E-state index contributed by atoms with van der Waals surface area (Å²) in [5.41, 5.74) is 6.49. The van der Waals surface area contributed by atoms with Crippen molar-refractivity contribution in [3.8, 4) is 22.6 Å². The number of piperidine rings is 2. The number of carbonyl (C=O) groups is 2. The molecule has 4 bridgehead atoms. The summed E-state index contributed by atoms with van der Waals surface area (Å²) in [6, 6.07) is 22.1. The van der Waals surface area contributed by atoms with Crippen LogP contribution in [-0.2, 0) is 4.79 Å². The Morgan fingerprint density at radius 2 is 1.20 bits per heavy atom. The fourth-order valence-electron chi connectivity index (χ4n) is 12.6. The van der Waals surface area contributed by atoms with Crippen molar-refractivity contribution >= 4 is 17.5 Å². The molecule has 60 heavy (non-hydrogen) atoms. The highest BCUT2D eigenvalue weighted by Crippen LogP contribution is 2.46. The van der Waals surface area contributed by atoms with Gasteiger partial charge in [0.2, 0.25) is 5.91 Å². The minimum absolute atomic E-state index is 0.0239. The van der Waals surface area contributed by atoms with E-state index in [-0.39, 0.29) is 11.8 Å². The summed E-state index contributed by atoms with van der Waals surface area (Å²) in [4.78, 5) is 28.9. The number of nitrogens with zero attached hydrogens (tertiary/aromatic N) is 2. The number of likely N-dealkylation sites (tertiary alicyclic amines) is 2. The van der Waals surface area contributed by atoms with Crippen molar-refractivity contribution in [2.24, 2.45) is 23.7 Å². The summed E-state index contributed by atoms with van der Waals surface area (Å²) < 4.78 is 11.4. The van der Waals surface area contributed by atoms with Crippen molar-refractivity contribution in [1.29, 1.82) is 0 Å². The lowest BCUT2D eigenvalue weighted by Gasteiger charge is -2.40. The van der Waals surface area contributed by atoms with Gasteiger partial charge in [-0.3, -0.25) is 9.59 Å². The van der Waals surface area contributed by atoms with Gasteiger partial charge < -0.3 is 29.9 Å². The van der Waals surface area contributed by atoms with E-state index in [9.17, 15) is 9.59 Å². The van der Waals surface area contributed by atoms with Gasteiger partial charge in [-0.05, 0) is 197 Å². The van der Waals surface area contributed by atoms with Gasteiger partial charge in [-0.1, -0.05) is 50.3 Å². The van der Waals surface area contributed by atoms with Crippen LogP contribution in [0.1, 0.15) is 143 Å². The minimum atomic E-state index is -0.0507. The lowest BCUT2D eigenvalue weighted by molar-refractivity contribution is -0.114. The molecule has 2 N–H and O–H groups in total. The van der Waals surface area contributed by atoms with Crippen molar-refractivity contribution in [3.63, 3.8) is 0 Å². The quantitative estimate of drug-likeness (QED) is 0.224. The van der Waals surface area contributed by atoms with E-state index in [4.69, 9.17) is 9.47 Å². The number of anilines is 1. The molecule has 6 atom stereocenters. The highest BCUT2D eigenvalue weighted by Gasteiger charge is 2.38. The summed E-state index contributed by atoms with van der Waals surface area (Å²) in [6.45, 7) is 6.37. The van der Waals surface area contributed by atoms with Gasteiger partial charge in [0.05, 0.1) is 14.2 Å². The van der Waals surface area contributed by atoms with E-state index < -0.39 is 0 Å². The molecule has 6 fully saturated rings. The third-order valence-electron chi connectivity index (χ3n) is 15.8. The van der Waals surface area contributed by atoms with Gasteiger partial charge >= 0.3 is 0 Å². The van der Waals surface area contributed by atoms with Crippen LogP contribution in [0.25, 0.3) is 11.1 Å². The summed E-state index contributed by atoms with van der Waals surface area (Å²) in [5, 5.41) is 5.60. The summed E-state index contributed by atoms with van der Waals surface area (Å²) >= 11 is 0. The van der Waals surface area contributed by atoms with Gasteiger partial charge in [-0.25, -0.2) is 0 Å². The molecule has 3 aromatic carbocycles. The minimum Gasteiger partial charge on any atom is -0.496 e. The smallest absolute Gasteiger partial charge is 0.251 e. The second kappa shape index (κ2) is 19.9. The van der Waals surface area contributed by atoms with Gasteiger partial charge in [0, 0.05) is 37.3 Å². The lowest BCUT2D eigenvalue weighted by atomic mass is 9.85. The molecule has 2 saturated heterocycles. The summed E-state index contributed by atoms with van der Waals surface area (Å²) in [5.74, 6) is 6.94. The van der Waals surface area contributed by atoms with Crippen LogP contribution in [0, 0.1) is 23.7 Å². The molecule has 2 aliphatic heterocycles. The van der Waals surface area contributed by atoms with Gasteiger partial charge in [0.1, 0.15) is 11.5 Å². The number of hydrogen-bond acceptors (Lipinski definition) is 6. The van der Waals surface area contributed by atoms with Crippen LogP contribution in [0.3, 0.4) is 0 Å². The highest BCUT2D eigenvalue weighted by molar-refractivity contribution is 5.94. The van der Waals surface area contributed by atoms with E-state index in [1.54, 1.807) is 28.2 Å². The van der Waals surface area contributed by atoms with E-state index >= 15 is 0 Å². The first-order chi connectivity index (χ1) is 29.3. The van der Waals surface area contributed by atoms with Crippen molar-refractivity contribution in [2.75, 3.05) is 52.8 Å². The highest BCUT2D eigenvalue weighted by atomic mass is 16.5. The first-order valence-corrected chi connectivity index (χ1v) is 23.7. The molecule has 0 spiro atoms. The lowest BCUT2D eigenvalue weighted by Crippen LogP contribution is -2.44. The van der Waals surface area contributed by atoms with E-state index in [0.29, 0.717) is 17.4 Å². The first-order valence-electron chi connectivity index (χ1n) is 23.7. The van der Waals surface area contributed by atoms with Gasteiger partial charge in [0.15, 0.2) is 0 Å². The number of ether oxygens (including phenoxy) is 2. The normalized spacial score (nSPS) is 27.5. The Balaban J connectivity index is 0.000000170. The second-order valence-corrected chi connectivity index (χ2v) is 19.3. The number of nitrogens with one attached hydrogen (secondary N) is 2. The fraction of sp³-hybridized carbons (Fsp3) is 0.615. The van der Waals surface area contributed by atoms with Crippen LogP contribution in [0.15, 0.2) is 60.7 Å². The van der Waals surface area contributed by atoms with Crippen LogP contribution >= 0.6 is 0 Å². The third-order valence-corrected chi connectivity index (χ3v) is 15.8. The number of amides is 2. The van der Waals surface area contributed by atoms with Crippen LogP contribution in [0.2, 0.25) is 0 Å². The number of carbonyl (C=O) groups excluding carboxylic acids is 2. The van der Waals surface area contributed by atoms with Crippen LogP contribution in [0.5, 0.6) is 11.5 Å². The van der Waals surface area contributed by atoms with Crippen molar-refractivity contribution in [2.45, 2.75) is 134 Å². The zero-order valence-electron chi connectivity index (χ0n) is 37.1. The summed E-state index contributed by atoms with van der Waals surface area (Å²) in [7, 11) is 5.19. The average Bonchev–Trinajstić information content (AvgIpc) is 3.82. The van der Waals surface area contributed by atoms with Crippen molar-refractivity contribution in [1.82, 2.24) is 15.1 Å². The molecule has 3 aromatic rings. The molecule has 324 valence electrons. The number of hydrogen-bond donors (Lipinski definition) is 2. The number of benzene rings is 3. The maximum absolute atomic E-state index is 11.9. The Bertz CT molecular complexity index is 1900. The Labute approximate surface area is 360 Å². The van der Waals surface area contributed by atoms with Crippen molar-refractivity contribution in [3.05, 3.63) is 77.4 Å². The summed E-state index contributed by atoms with van der Waals surface area (Å²) in [6.07, 6.45) is 22.3. The van der Waals surface area contributed by atoms with E-state index in [0.717, 1.165) is 58.5 Å². The molecule has 8 heteroatoms. The molecule has 6 aliphatic rings. The standard InChI is InChI=1S/C29H38N2O2.C23H34N2O2/c1-30-29(32)24-8-6-22(7-9-24)25-10-12-28(33-2)27(19-25)23-13-15-31(16-14-23)26-11-5-20-3-4-21(17-20)18-26;1-16(26)24-20-8-9-23(27-2)21(15-20)18-10-12-25(13-11-18)22-5-3-4-17-6-7-19(22)14-17/h6-10,12,19-21,23,26H,3-5,11,13-18H2,1-2H3,(H,30,32);8-9,15,17-19,22H,3-7,10-14H2,1-2H3,(H,24,26)/t;17-,19-,22?/m.0/s1. The Morgan fingerprint density at radius 1 is 0.600 bits per heavy atom. The number of fused-ring (bicyclic) bond motifs is 4. The molecule has 4 saturated carbocycles. The predicted molar refractivity (Wildman–Crippen MR) is 243 cm³/mol. The maximum Gasteiger partial charge on any atom is 0.251 e. The molecule has 8 nitrogen and oxygen atoms in total. The molecule has 0 radical (unpaired) electrons. The molecule has 4 unspecified atom stereocenters. The molecule has 0 aromatic heterocycles. The third kappa shape index (κ3) is 10.1. The van der Waals surface area contributed by atoms with Gasteiger partial charge in [-0.2, -0.15) is 0 Å². The second-order valence-electron chi connectivity index (χ2n) is 19.3. The zero-order chi connectivity index (χ0) is 41.6. The average molecular weight is 817 g/mol. The molecular weight excluding hydrogens is 745 g/mol. The van der Waals surface area contributed by atoms with Crippen LogP contribution in [-0.4, -0.2) is 81.1 Å². The molecule has 4 aliphatic carbocycles. The predicted octanol–water partition coefficient (Wildman–Crippen LogP) is 10.7.